The lowest BCUT2D eigenvalue weighted by atomic mass is 10.00. The lowest BCUT2D eigenvalue weighted by Crippen LogP contribution is -2.46. The molecule has 1 aliphatic heterocycles. The Bertz CT molecular complexity index is 1230. The van der Waals surface area contributed by atoms with Gasteiger partial charge in [-0.15, -0.1) is 0 Å². The molecule has 3 aromatic rings. The van der Waals surface area contributed by atoms with Gasteiger partial charge < -0.3 is 15.4 Å². The number of benzene rings is 3. The topological polar surface area (TPSA) is 87.7 Å². The molecule has 0 bridgehead atoms. The Morgan fingerprint density at radius 3 is 2.27 bits per heavy atom. The van der Waals surface area contributed by atoms with Crippen molar-refractivity contribution in [3.63, 3.8) is 0 Å². The Labute approximate surface area is 215 Å². The fourth-order valence-corrected chi connectivity index (χ4v) is 4.23. The highest BCUT2D eigenvalue weighted by Crippen LogP contribution is 2.34. The Morgan fingerprint density at radius 2 is 1.62 bits per heavy atom. The Balaban J connectivity index is 1.54. The zero-order valence-corrected chi connectivity index (χ0v) is 20.8. The van der Waals surface area contributed by atoms with Crippen LogP contribution >= 0.6 is 0 Å². The summed E-state index contributed by atoms with van der Waals surface area (Å²) in [4.78, 5) is 39.9. The van der Waals surface area contributed by atoms with Gasteiger partial charge in [0.05, 0.1) is 6.54 Å². The molecule has 2 unspecified atom stereocenters. The molecule has 7 nitrogen and oxygen atoms in total. The van der Waals surface area contributed by atoms with E-state index in [9.17, 15) is 18.8 Å². The van der Waals surface area contributed by atoms with Crippen LogP contribution in [0.15, 0.2) is 78.9 Å². The second-order valence-corrected chi connectivity index (χ2v) is 9.48. The zero-order chi connectivity index (χ0) is 26.4. The van der Waals surface area contributed by atoms with Crippen molar-refractivity contribution in [2.75, 3.05) is 5.32 Å². The second-order valence-electron chi connectivity index (χ2n) is 9.48. The van der Waals surface area contributed by atoms with Crippen LogP contribution in [-0.2, 0) is 27.4 Å². The van der Waals surface area contributed by atoms with Crippen LogP contribution in [0.5, 0.6) is 0 Å². The van der Waals surface area contributed by atoms with Crippen molar-refractivity contribution in [1.29, 1.82) is 0 Å². The van der Waals surface area contributed by atoms with E-state index >= 15 is 0 Å². The molecule has 0 saturated carbocycles. The molecule has 0 aromatic heterocycles. The average Bonchev–Trinajstić information content (AvgIpc) is 3.20. The molecule has 2 atom stereocenters. The number of rotatable bonds is 9. The predicted octanol–water partition coefficient (Wildman–Crippen LogP) is 5.19. The highest BCUT2D eigenvalue weighted by molar-refractivity contribution is 5.91. The van der Waals surface area contributed by atoms with Gasteiger partial charge in [0.25, 0.3) is 0 Å². The van der Waals surface area contributed by atoms with Gasteiger partial charge >= 0.3 is 6.09 Å². The van der Waals surface area contributed by atoms with Gasteiger partial charge in [0.15, 0.2) is 12.1 Å². The Kier molecular flexibility index (Phi) is 8.18. The van der Waals surface area contributed by atoms with Gasteiger partial charge in [-0.25, -0.2) is 9.18 Å². The molecule has 8 heteroatoms. The van der Waals surface area contributed by atoms with Crippen molar-refractivity contribution in [2.24, 2.45) is 5.92 Å². The molecular weight excluding hydrogens is 473 g/mol. The molecular formula is C29H30FN3O4. The van der Waals surface area contributed by atoms with E-state index in [1.54, 1.807) is 36.4 Å². The van der Waals surface area contributed by atoms with E-state index in [1.165, 1.54) is 17.0 Å². The number of anilines is 1. The fourth-order valence-electron chi connectivity index (χ4n) is 4.23. The summed E-state index contributed by atoms with van der Waals surface area (Å²) in [5.41, 5.74) is 2.84. The molecule has 37 heavy (non-hydrogen) atoms. The number of amides is 3. The minimum absolute atomic E-state index is 0.0814. The van der Waals surface area contributed by atoms with Crippen LogP contribution in [0.1, 0.15) is 43.1 Å². The molecule has 1 saturated heterocycles. The molecule has 192 valence electrons. The summed E-state index contributed by atoms with van der Waals surface area (Å²) in [6, 6.07) is 21.2. The van der Waals surface area contributed by atoms with Crippen LogP contribution in [0, 0.1) is 11.7 Å². The SMILES string of the molecule is CC(C)CC(=O)Nc1ccc(C2OC(=O)N(Cc3ccccc3)C2C(=O)NCc2ccc(F)cc2)cc1. The first-order valence-electron chi connectivity index (χ1n) is 12.2. The van der Waals surface area contributed by atoms with Crippen LogP contribution in [0.25, 0.3) is 0 Å². The number of carbonyl (C=O) groups excluding carboxylic acids is 3. The van der Waals surface area contributed by atoms with Crippen LogP contribution < -0.4 is 10.6 Å². The summed E-state index contributed by atoms with van der Waals surface area (Å²) in [6.45, 7) is 4.32. The van der Waals surface area contributed by atoms with Crippen LogP contribution in [0.2, 0.25) is 0 Å². The van der Waals surface area contributed by atoms with Gasteiger partial charge in [0.1, 0.15) is 5.82 Å². The molecule has 3 amide bonds. The van der Waals surface area contributed by atoms with E-state index in [1.807, 2.05) is 44.2 Å². The van der Waals surface area contributed by atoms with Crippen molar-refractivity contribution >= 4 is 23.6 Å². The number of hydrogen-bond acceptors (Lipinski definition) is 4. The lowest BCUT2D eigenvalue weighted by Gasteiger charge is -2.24. The summed E-state index contributed by atoms with van der Waals surface area (Å²) in [6.07, 6.45) is -1.03. The van der Waals surface area contributed by atoms with Crippen molar-refractivity contribution in [1.82, 2.24) is 10.2 Å². The van der Waals surface area contributed by atoms with Gasteiger partial charge in [0.2, 0.25) is 11.8 Å². The van der Waals surface area contributed by atoms with Gasteiger partial charge in [-0.05, 0) is 46.9 Å². The lowest BCUT2D eigenvalue weighted by molar-refractivity contribution is -0.126. The van der Waals surface area contributed by atoms with Crippen molar-refractivity contribution in [3.8, 4) is 0 Å². The van der Waals surface area contributed by atoms with E-state index < -0.39 is 18.2 Å². The van der Waals surface area contributed by atoms with Gasteiger partial charge in [-0.2, -0.15) is 0 Å². The van der Waals surface area contributed by atoms with E-state index in [2.05, 4.69) is 10.6 Å². The van der Waals surface area contributed by atoms with Crippen molar-refractivity contribution in [2.45, 2.75) is 45.5 Å². The molecule has 0 spiro atoms. The highest BCUT2D eigenvalue weighted by Gasteiger charge is 2.46. The standard InChI is InChI=1S/C29H30FN3O4/c1-19(2)16-25(34)32-24-14-10-22(11-15-24)27-26(28(35)31-17-20-8-12-23(30)13-9-20)33(29(36)37-27)18-21-6-4-3-5-7-21/h3-15,19,26-27H,16-18H2,1-2H3,(H,31,35)(H,32,34). The van der Waals surface area contributed by atoms with E-state index in [0.717, 1.165) is 11.1 Å². The van der Waals surface area contributed by atoms with E-state index in [-0.39, 0.29) is 36.6 Å². The van der Waals surface area contributed by atoms with E-state index in [0.29, 0.717) is 17.7 Å². The summed E-state index contributed by atoms with van der Waals surface area (Å²) in [5.74, 6) is -0.586. The Hall–Kier alpha value is -4.20. The molecule has 1 heterocycles. The molecule has 1 aliphatic rings. The number of halogens is 1. The molecule has 2 N–H and O–H groups in total. The predicted molar refractivity (Wildman–Crippen MR) is 138 cm³/mol. The number of nitrogens with one attached hydrogen (secondary N) is 2. The van der Waals surface area contributed by atoms with Crippen LogP contribution in [0.3, 0.4) is 0 Å². The van der Waals surface area contributed by atoms with Gasteiger partial charge in [0, 0.05) is 18.7 Å². The smallest absolute Gasteiger partial charge is 0.411 e. The molecule has 3 aromatic carbocycles. The first kappa shape index (κ1) is 25.9. The summed E-state index contributed by atoms with van der Waals surface area (Å²) in [5, 5.41) is 5.71. The number of carbonyl (C=O) groups is 3. The van der Waals surface area contributed by atoms with Gasteiger partial charge in [-0.3, -0.25) is 14.5 Å². The van der Waals surface area contributed by atoms with E-state index in [4.69, 9.17) is 4.74 Å². The van der Waals surface area contributed by atoms with Crippen molar-refractivity contribution < 1.29 is 23.5 Å². The first-order chi connectivity index (χ1) is 17.8. The average molecular weight is 504 g/mol. The monoisotopic (exact) mass is 503 g/mol. The quantitative estimate of drug-likeness (QED) is 0.421. The number of hydrogen-bond donors (Lipinski definition) is 2. The van der Waals surface area contributed by atoms with Crippen molar-refractivity contribution in [3.05, 3.63) is 101 Å². The molecule has 4 rings (SSSR count). The summed E-state index contributed by atoms with van der Waals surface area (Å²) >= 11 is 0. The number of cyclic esters (lactones) is 1. The zero-order valence-electron chi connectivity index (χ0n) is 20.8. The number of ether oxygens (including phenoxy) is 1. The maximum absolute atomic E-state index is 13.4. The molecule has 0 aliphatic carbocycles. The maximum atomic E-state index is 13.4. The first-order valence-corrected chi connectivity index (χ1v) is 12.2. The molecule has 1 fully saturated rings. The highest BCUT2D eigenvalue weighted by atomic mass is 19.1. The minimum atomic E-state index is -0.922. The largest absolute Gasteiger partial charge is 0.438 e. The summed E-state index contributed by atoms with van der Waals surface area (Å²) < 4.78 is 19.0. The Morgan fingerprint density at radius 1 is 0.946 bits per heavy atom. The minimum Gasteiger partial charge on any atom is -0.438 e. The van der Waals surface area contributed by atoms with Crippen LogP contribution in [-0.4, -0.2) is 28.8 Å². The van der Waals surface area contributed by atoms with Gasteiger partial charge in [-0.1, -0.05) is 68.4 Å². The third kappa shape index (κ3) is 6.73. The fraction of sp³-hybridized carbons (Fsp3) is 0.276. The van der Waals surface area contributed by atoms with Crippen LogP contribution in [0.4, 0.5) is 14.9 Å². The molecule has 0 radical (unpaired) electrons. The second kappa shape index (κ2) is 11.7. The number of nitrogens with zero attached hydrogens (tertiary/aromatic N) is 1. The summed E-state index contributed by atoms with van der Waals surface area (Å²) in [7, 11) is 0. The third-order valence-corrected chi connectivity index (χ3v) is 6.05. The maximum Gasteiger partial charge on any atom is 0.411 e. The third-order valence-electron chi connectivity index (χ3n) is 6.05. The normalized spacial score (nSPS) is 17.0.